The maximum absolute atomic E-state index is 5.79. The van der Waals surface area contributed by atoms with E-state index in [1.165, 1.54) is 4.90 Å². The Kier molecular flexibility index (Phi) is 6.43. The summed E-state index contributed by atoms with van der Waals surface area (Å²) in [6.45, 7) is 1.24. The van der Waals surface area contributed by atoms with Crippen LogP contribution >= 0.6 is 27.7 Å². The first kappa shape index (κ1) is 15.4. The molecule has 2 N–H and O–H groups in total. The van der Waals surface area contributed by atoms with Gasteiger partial charge in [0.2, 0.25) is 0 Å². The van der Waals surface area contributed by atoms with Crippen LogP contribution in [0.5, 0.6) is 5.75 Å². The van der Waals surface area contributed by atoms with Gasteiger partial charge in [-0.2, -0.15) is 0 Å². The average molecular weight is 352 g/mol. The molecule has 2 aromatic carbocycles. The average Bonchev–Trinajstić information content (AvgIpc) is 2.47. The molecular weight excluding hydrogens is 334 g/mol. The molecule has 2 aromatic rings. The first-order valence-corrected chi connectivity index (χ1v) is 8.36. The molecule has 0 radical (unpaired) electrons. The van der Waals surface area contributed by atoms with E-state index in [0.29, 0.717) is 6.54 Å². The van der Waals surface area contributed by atoms with Crippen LogP contribution in [0, 0.1) is 0 Å². The fourth-order valence-corrected chi connectivity index (χ4v) is 3.23. The molecule has 106 valence electrons. The molecule has 2 rings (SSSR count). The van der Waals surface area contributed by atoms with Crippen LogP contribution in [0.1, 0.15) is 12.0 Å². The Morgan fingerprint density at radius 1 is 1.10 bits per heavy atom. The van der Waals surface area contributed by atoms with Gasteiger partial charge in [-0.1, -0.05) is 40.2 Å². The second-order valence-electron chi connectivity index (χ2n) is 4.32. The Morgan fingerprint density at radius 3 is 2.75 bits per heavy atom. The summed E-state index contributed by atoms with van der Waals surface area (Å²) in [5.74, 6) is 1.95. The van der Waals surface area contributed by atoms with Crippen molar-refractivity contribution in [1.29, 1.82) is 0 Å². The highest BCUT2D eigenvalue weighted by Gasteiger charge is 2.01. The van der Waals surface area contributed by atoms with Crippen LogP contribution in [-0.2, 0) is 6.54 Å². The van der Waals surface area contributed by atoms with E-state index in [4.69, 9.17) is 10.5 Å². The molecule has 0 aliphatic rings. The van der Waals surface area contributed by atoms with Crippen molar-refractivity contribution in [3.05, 3.63) is 58.6 Å². The van der Waals surface area contributed by atoms with Crippen LogP contribution in [0.2, 0.25) is 0 Å². The molecule has 4 heteroatoms. The number of hydrogen-bond donors (Lipinski definition) is 1. The summed E-state index contributed by atoms with van der Waals surface area (Å²) < 4.78 is 6.91. The maximum atomic E-state index is 5.79. The fourth-order valence-electron chi connectivity index (χ4n) is 1.80. The molecule has 0 fully saturated rings. The Balaban J connectivity index is 1.71. The van der Waals surface area contributed by atoms with Gasteiger partial charge in [-0.25, -0.2) is 0 Å². The molecule has 0 heterocycles. The lowest BCUT2D eigenvalue weighted by atomic mass is 10.2. The Labute approximate surface area is 132 Å². The summed E-state index contributed by atoms with van der Waals surface area (Å²) in [4.78, 5) is 1.28. The largest absolute Gasteiger partial charge is 0.493 e. The molecule has 0 atom stereocenters. The first-order valence-electron chi connectivity index (χ1n) is 6.59. The van der Waals surface area contributed by atoms with Crippen molar-refractivity contribution < 1.29 is 4.74 Å². The highest BCUT2D eigenvalue weighted by atomic mass is 79.9. The molecular formula is C16H18BrNOS. The van der Waals surface area contributed by atoms with Crippen LogP contribution in [0.25, 0.3) is 0 Å². The summed E-state index contributed by atoms with van der Waals surface area (Å²) in [5.41, 5.74) is 6.74. The summed E-state index contributed by atoms with van der Waals surface area (Å²) in [6, 6.07) is 16.3. The summed E-state index contributed by atoms with van der Waals surface area (Å²) in [7, 11) is 0. The zero-order valence-electron chi connectivity index (χ0n) is 11.2. The lowest BCUT2D eigenvalue weighted by Crippen LogP contribution is -2.04. The zero-order valence-corrected chi connectivity index (χ0v) is 13.6. The van der Waals surface area contributed by atoms with Crippen molar-refractivity contribution in [2.24, 2.45) is 5.73 Å². The van der Waals surface area contributed by atoms with Crippen molar-refractivity contribution >= 4 is 27.7 Å². The summed E-state index contributed by atoms with van der Waals surface area (Å²) in [6.07, 6.45) is 1.01. The summed E-state index contributed by atoms with van der Waals surface area (Å²) >= 11 is 5.33. The molecule has 2 nitrogen and oxygen atoms in total. The quantitative estimate of drug-likeness (QED) is 0.590. The predicted octanol–water partition coefficient (Wildman–Crippen LogP) is 4.47. The predicted molar refractivity (Wildman–Crippen MR) is 89.3 cm³/mol. The van der Waals surface area contributed by atoms with Crippen LogP contribution in [0.3, 0.4) is 0 Å². The molecule has 20 heavy (non-hydrogen) atoms. The maximum Gasteiger partial charge on any atom is 0.123 e. The highest BCUT2D eigenvalue weighted by Crippen LogP contribution is 2.23. The molecule has 0 aliphatic heterocycles. The molecule has 0 aromatic heterocycles. The lowest BCUT2D eigenvalue weighted by molar-refractivity contribution is 0.315. The number of nitrogens with two attached hydrogens (primary N) is 1. The van der Waals surface area contributed by atoms with Crippen molar-refractivity contribution in [3.63, 3.8) is 0 Å². The van der Waals surface area contributed by atoms with Crippen LogP contribution in [0.15, 0.2) is 57.9 Å². The third-order valence-corrected chi connectivity index (χ3v) is 4.38. The number of ether oxygens (including phenoxy) is 1. The third kappa shape index (κ3) is 4.85. The molecule has 0 bridgehead atoms. The molecule has 0 aliphatic carbocycles. The number of benzene rings is 2. The van der Waals surface area contributed by atoms with E-state index in [1.807, 2.05) is 42.1 Å². The van der Waals surface area contributed by atoms with E-state index in [1.54, 1.807) is 0 Å². The van der Waals surface area contributed by atoms with Gasteiger partial charge in [0, 0.05) is 27.2 Å². The van der Waals surface area contributed by atoms with Gasteiger partial charge in [0.05, 0.1) is 6.61 Å². The zero-order chi connectivity index (χ0) is 14.2. The smallest absolute Gasteiger partial charge is 0.123 e. The normalized spacial score (nSPS) is 10.5. The standard InChI is InChI=1S/C16H18BrNOS/c17-14-6-3-7-15(11-14)20-10-4-9-19-16-8-2-1-5-13(16)12-18/h1-3,5-8,11H,4,9-10,12,18H2. The van der Waals surface area contributed by atoms with E-state index >= 15 is 0 Å². The number of para-hydroxylation sites is 1. The van der Waals surface area contributed by atoms with Gasteiger partial charge in [0.1, 0.15) is 5.75 Å². The van der Waals surface area contributed by atoms with Gasteiger partial charge < -0.3 is 10.5 Å². The fraction of sp³-hybridized carbons (Fsp3) is 0.250. The first-order chi connectivity index (χ1) is 9.79. The van der Waals surface area contributed by atoms with Crippen LogP contribution in [-0.4, -0.2) is 12.4 Å². The van der Waals surface area contributed by atoms with Crippen LogP contribution in [0.4, 0.5) is 0 Å². The third-order valence-electron chi connectivity index (χ3n) is 2.80. The van der Waals surface area contributed by atoms with E-state index in [-0.39, 0.29) is 0 Å². The SMILES string of the molecule is NCc1ccccc1OCCCSc1cccc(Br)c1. The molecule has 0 saturated heterocycles. The van der Waals surface area contributed by atoms with Crippen LogP contribution < -0.4 is 10.5 Å². The number of rotatable bonds is 7. The number of thioether (sulfide) groups is 1. The van der Waals surface area contributed by atoms with Crippen molar-refractivity contribution in [1.82, 2.24) is 0 Å². The lowest BCUT2D eigenvalue weighted by Gasteiger charge is -2.10. The summed E-state index contributed by atoms with van der Waals surface area (Å²) in [5, 5.41) is 0. The second kappa shape index (κ2) is 8.35. The van der Waals surface area contributed by atoms with Gasteiger partial charge in [0.15, 0.2) is 0 Å². The second-order valence-corrected chi connectivity index (χ2v) is 6.40. The van der Waals surface area contributed by atoms with Crippen molar-refractivity contribution in [2.45, 2.75) is 17.9 Å². The van der Waals surface area contributed by atoms with E-state index < -0.39 is 0 Å². The van der Waals surface area contributed by atoms with E-state index in [9.17, 15) is 0 Å². The van der Waals surface area contributed by atoms with Gasteiger partial charge in [-0.3, -0.25) is 0 Å². The Morgan fingerprint density at radius 2 is 1.95 bits per heavy atom. The Bertz CT molecular complexity index is 548. The molecule has 0 spiro atoms. The molecule has 0 saturated carbocycles. The number of hydrogen-bond acceptors (Lipinski definition) is 3. The van der Waals surface area contributed by atoms with Gasteiger partial charge >= 0.3 is 0 Å². The van der Waals surface area contributed by atoms with Gasteiger partial charge in [-0.15, -0.1) is 11.8 Å². The Hall–Kier alpha value is -0.970. The van der Waals surface area contributed by atoms with E-state index in [2.05, 4.69) is 34.1 Å². The van der Waals surface area contributed by atoms with Crippen molar-refractivity contribution in [2.75, 3.05) is 12.4 Å². The topological polar surface area (TPSA) is 35.2 Å². The van der Waals surface area contributed by atoms with E-state index in [0.717, 1.165) is 34.6 Å². The number of halogens is 1. The monoisotopic (exact) mass is 351 g/mol. The van der Waals surface area contributed by atoms with Crippen molar-refractivity contribution in [3.8, 4) is 5.75 Å². The highest BCUT2D eigenvalue weighted by molar-refractivity contribution is 9.10. The minimum atomic E-state index is 0.517. The minimum absolute atomic E-state index is 0.517. The van der Waals surface area contributed by atoms with Gasteiger partial charge in [0.25, 0.3) is 0 Å². The minimum Gasteiger partial charge on any atom is -0.493 e. The molecule has 0 unspecified atom stereocenters. The molecule has 0 amide bonds. The van der Waals surface area contributed by atoms with Gasteiger partial charge in [-0.05, 0) is 30.7 Å².